The number of ketones is 1. The predicted molar refractivity (Wildman–Crippen MR) is 135 cm³/mol. The van der Waals surface area contributed by atoms with E-state index in [0.29, 0.717) is 11.1 Å². The minimum absolute atomic E-state index is 0.00512. The SMILES string of the molecule is C=C/C(=C\c1c(-c2ccccc2OC)c[nH]c1C)c1cc(F)c(NC(=O)CNC)c(C(C)=O)c1. The van der Waals surface area contributed by atoms with Gasteiger partial charge in [-0.2, -0.15) is 0 Å². The molecule has 0 unspecified atom stereocenters. The number of para-hydroxylation sites is 1. The van der Waals surface area contributed by atoms with Crippen LogP contribution in [0.4, 0.5) is 10.1 Å². The third-order valence-electron chi connectivity index (χ3n) is 5.45. The van der Waals surface area contributed by atoms with Crippen LogP contribution < -0.4 is 15.4 Å². The second kappa shape index (κ2) is 10.8. The van der Waals surface area contributed by atoms with Crippen LogP contribution in [0.3, 0.4) is 0 Å². The molecule has 0 saturated carbocycles. The summed E-state index contributed by atoms with van der Waals surface area (Å²) in [6.45, 7) is 7.16. The Labute approximate surface area is 198 Å². The zero-order valence-corrected chi connectivity index (χ0v) is 19.7. The van der Waals surface area contributed by atoms with Crippen LogP contribution >= 0.6 is 0 Å². The lowest BCUT2D eigenvalue weighted by Gasteiger charge is -2.14. The molecule has 0 bridgehead atoms. The number of Topliss-reactive ketones (excluding diaryl/α,β-unsaturated/α-hetero) is 1. The van der Waals surface area contributed by atoms with E-state index in [1.807, 2.05) is 43.5 Å². The number of methoxy groups -OCH3 is 1. The van der Waals surface area contributed by atoms with Crippen molar-refractivity contribution in [1.29, 1.82) is 0 Å². The van der Waals surface area contributed by atoms with Crippen LogP contribution in [0.25, 0.3) is 22.8 Å². The van der Waals surface area contributed by atoms with Crippen molar-refractivity contribution in [3.63, 3.8) is 0 Å². The first-order valence-electron chi connectivity index (χ1n) is 10.8. The van der Waals surface area contributed by atoms with E-state index in [1.165, 1.54) is 13.0 Å². The highest BCUT2D eigenvalue weighted by atomic mass is 19.1. The number of carbonyl (C=O) groups is 2. The molecule has 1 heterocycles. The van der Waals surface area contributed by atoms with Gasteiger partial charge in [-0.15, -0.1) is 0 Å². The smallest absolute Gasteiger partial charge is 0.238 e. The van der Waals surface area contributed by atoms with Gasteiger partial charge in [-0.05, 0) is 56.3 Å². The van der Waals surface area contributed by atoms with E-state index in [1.54, 1.807) is 26.3 Å². The first-order valence-corrected chi connectivity index (χ1v) is 10.8. The van der Waals surface area contributed by atoms with Crippen LogP contribution in [0, 0.1) is 12.7 Å². The first kappa shape index (κ1) is 24.7. The molecular formula is C27H28FN3O3. The third kappa shape index (κ3) is 5.15. The van der Waals surface area contributed by atoms with Crippen molar-refractivity contribution >= 4 is 29.0 Å². The van der Waals surface area contributed by atoms with Crippen LogP contribution in [0.2, 0.25) is 0 Å². The van der Waals surface area contributed by atoms with Crippen molar-refractivity contribution in [2.45, 2.75) is 13.8 Å². The second-order valence-electron chi connectivity index (χ2n) is 7.76. The number of aryl methyl sites for hydroxylation is 1. The number of aromatic nitrogens is 1. The molecule has 0 radical (unpaired) electrons. The monoisotopic (exact) mass is 461 g/mol. The van der Waals surface area contributed by atoms with Gasteiger partial charge in [0.1, 0.15) is 11.6 Å². The van der Waals surface area contributed by atoms with E-state index >= 15 is 4.39 Å². The Bertz CT molecular complexity index is 1270. The highest BCUT2D eigenvalue weighted by Crippen LogP contribution is 2.36. The quantitative estimate of drug-likeness (QED) is 0.301. The third-order valence-corrected chi connectivity index (χ3v) is 5.45. The van der Waals surface area contributed by atoms with Crippen molar-refractivity contribution in [1.82, 2.24) is 10.3 Å². The highest BCUT2D eigenvalue weighted by Gasteiger charge is 2.19. The Kier molecular flexibility index (Phi) is 7.81. The van der Waals surface area contributed by atoms with Crippen molar-refractivity contribution in [3.8, 4) is 16.9 Å². The van der Waals surface area contributed by atoms with Gasteiger partial charge < -0.3 is 20.4 Å². The number of halogens is 1. The first-order chi connectivity index (χ1) is 16.3. The van der Waals surface area contributed by atoms with Crippen molar-refractivity contribution in [3.05, 3.63) is 83.5 Å². The minimum Gasteiger partial charge on any atom is -0.496 e. The van der Waals surface area contributed by atoms with Crippen LogP contribution in [-0.4, -0.2) is 37.4 Å². The number of hydrogen-bond donors (Lipinski definition) is 3. The molecule has 3 N–H and O–H groups in total. The number of ether oxygens (including phenoxy) is 1. The number of amides is 1. The van der Waals surface area contributed by atoms with Crippen LogP contribution in [-0.2, 0) is 4.79 Å². The number of H-pyrrole nitrogens is 1. The zero-order chi connectivity index (χ0) is 24.8. The van der Waals surface area contributed by atoms with Gasteiger partial charge in [0.2, 0.25) is 5.91 Å². The number of carbonyl (C=O) groups excluding carboxylic acids is 2. The summed E-state index contributed by atoms with van der Waals surface area (Å²) in [6, 6.07) is 10.5. The molecule has 3 rings (SSSR count). The molecule has 6 nitrogen and oxygen atoms in total. The van der Waals surface area contributed by atoms with E-state index in [0.717, 1.165) is 28.1 Å². The number of anilines is 1. The number of allylic oxidation sites excluding steroid dienone is 2. The summed E-state index contributed by atoms with van der Waals surface area (Å²) >= 11 is 0. The molecule has 3 aromatic rings. The number of rotatable bonds is 9. The van der Waals surface area contributed by atoms with Gasteiger partial charge in [0.25, 0.3) is 0 Å². The maximum absolute atomic E-state index is 15.1. The molecule has 1 amide bonds. The van der Waals surface area contributed by atoms with Crippen molar-refractivity contribution in [2.75, 3.05) is 26.0 Å². The summed E-state index contributed by atoms with van der Waals surface area (Å²) in [5.41, 5.74) is 4.65. The number of likely N-dealkylation sites (N-methyl/N-ethyl adjacent to an activating group) is 1. The average Bonchev–Trinajstić information content (AvgIpc) is 3.18. The zero-order valence-electron chi connectivity index (χ0n) is 19.7. The fourth-order valence-electron chi connectivity index (χ4n) is 3.75. The summed E-state index contributed by atoms with van der Waals surface area (Å²) in [7, 11) is 3.22. The van der Waals surface area contributed by atoms with Crippen molar-refractivity contribution < 1.29 is 18.7 Å². The van der Waals surface area contributed by atoms with Gasteiger partial charge in [-0.3, -0.25) is 9.59 Å². The molecule has 176 valence electrons. The maximum atomic E-state index is 15.1. The molecule has 34 heavy (non-hydrogen) atoms. The van der Waals surface area contributed by atoms with Gasteiger partial charge in [0, 0.05) is 34.1 Å². The van der Waals surface area contributed by atoms with E-state index in [9.17, 15) is 9.59 Å². The molecule has 0 aliphatic rings. The standard InChI is InChI=1S/C27H28FN3O3/c1-6-18(11-21-16(2)30-14-23(21)20-9-7-8-10-25(20)34-5)19-12-22(17(3)32)27(24(28)13-19)31-26(33)15-29-4/h6-14,29-30H,1,15H2,2-5H3,(H,31,33)/b18-11+. The summed E-state index contributed by atoms with van der Waals surface area (Å²) < 4.78 is 20.6. The van der Waals surface area contributed by atoms with Gasteiger partial charge in [-0.25, -0.2) is 4.39 Å². The second-order valence-corrected chi connectivity index (χ2v) is 7.76. The minimum atomic E-state index is -0.698. The Morgan fingerprint density at radius 3 is 2.59 bits per heavy atom. The summed E-state index contributed by atoms with van der Waals surface area (Å²) in [4.78, 5) is 27.5. The molecule has 2 aromatic carbocycles. The van der Waals surface area contributed by atoms with E-state index in [2.05, 4.69) is 22.2 Å². The lowest BCUT2D eigenvalue weighted by molar-refractivity contribution is -0.115. The Morgan fingerprint density at radius 1 is 1.21 bits per heavy atom. The van der Waals surface area contributed by atoms with E-state index in [-0.39, 0.29) is 23.6 Å². The number of aromatic amines is 1. The largest absolute Gasteiger partial charge is 0.496 e. The molecule has 0 atom stereocenters. The van der Waals surface area contributed by atoms with Crippen LogP contribution in [0.1, 0.15) is 34.1 Å². The summed E-state index contributed by atoms with van der Waals surface area (Å²) in [5, 5.41) is 5.18. The highest BCUT2D eigenvalue weighted by molar-refractivity contribution is 6.05. The molecule has 0 spiro atoms. The molecule has 0 aliphatic heterocycles. The fraction of sp³-hybridized carbons (Fsp3) is 0.185. The lowest BCUT2D eigenvalue weighted by Crippen LogP contribution is -2.26. The predicted octanol–water partition coefficient (Wildman–Crippen LogP) is 5.22. The number of benzene rings is 2. The number of nitrogens with one attached hydrogen (secondary N) is 3. The van der Waals surface area contributed by atoms with Crippen LogP contribution in [0.5, 0.6) is 5.75 Å². The number of hydrogen-bond acceptors (Lipinski definition) is 4. The molecule has 1 aromatic heterocycles. The Balaban J connectivity index is 2.13. The van der Waals surface area contributed by atoms with E-state index in [4.69, 9.17) is 4.74 Å². The van der Waals surface area contributed by atoms with Crippen LogP contribution in [0.15, 0.2) is 55.3 Å². The van der Waals surface area contributed by atoms with Gasteiger partial charge in [-0.1, -0.05) is 30.9 Å². The molecular weight excluding hydrogens is 433 g/mol. The van der Waals surface area contributed by atoms with E-state index < -0.39 is 11.7 Å². The fourth-order valence-corrected chi connectivity index (χ4v) is 3.75. The molecule has 0 fully saturated rings. The molecule has 0 aliphatic carbocycles. The lowest BCUT2D eigenvalue weighted by atomic mass is 9.95. The van der Waals surface area contributed by atoms with Gasteiger partial charge in [0.05, 0.1) is 19.3 Å². The normalized spacial score (nSPS) is 11.3. The van der Waals surface area contributed by atoms with Gasteiger partial charge in [0.15, 0.2) is 5.78 Å². The Hall–Kier alpha value is -3.97. The van der Waals surface area contributed by atoms with Gasteiger partial charge >= 0.3 is 0 Å². The topological polar surface area (TPSA) is 83.2 Å². The van der Waals surface area contributed by atoms with Crippen molar-refractivity contribution in [2.24, 2.45) is 0 Å². The average molecular weight is 462 g/mol. The maximum Gasteiger partial charge on any atom is 0.238 e. The molecule has 7 heteroatoms. The summed E-state index contributed by atoms with van der Waals surface area (Å²) in [5.74, 6) is -0.782. The summed E-state index contributed by atoms with van der Waals surface area (Å²) in [6.07, 6.45) is 5.39. The Morgan fingerprint density at radius 2 is 1.94 bits per heavy atom. The molecule has 0 saturated heterocycles.